The van der Waals surface area contributed by atoms with Gasteiger partial charge in [-0.05, 0) is 18.9 Å². The van der Waals surface area contributed by atoms with Crippen molar-refractivity contribution < 1.29 is 9.53 Å². The molecular formula is C12H16ClN3O2. The fourth-order valence-corrected chi connectivity index (χ4v) is 1.98. The molecule has 0 unspecified atom stereocenters. The maximum atomic E-state index is 12.4. The third-order valence-corrected chi connectivity index (χ3v) is 3.19. The molecule has 0 spiro atoms. The molecule has 0 saturated heterocycles. The maximum Gasteiger partial charge on any atom is 0.255 e. The van der Waals surface area contributed by atoms with Gasteiger partial charge >= 0.3 is 0 Å². The van der Waals surface area contributed by atoms with Crippen LogP contribution in [0.5, 0.6) is 0 Å². The number of hydrogen-bond acceptors (Lipinski definition) is 4. The lowest BCUT2D eigenvalue weighted by atomic mass is 10.2. The van der Waals surface area contributed by atoms with E-state index in [9.17, 15) is 4.79 Å². The molecule has 1 heterocycles. The summed E-state index contributed by atoms with van der Waals surface area (Å²) in [7, 11) is 1.62. The van der Waals surface area contributed by atoms with Gasteiger partial charge in [-0.15, -0.1) is 0 Å². The third kappa shape index (κ3) is 2.91. The van der Waals surface area contributed by atoms with Crippen molar-refractivity contribution in [1.82, 2.24) is 9.88 Å². The van der Waals surface area contributed by atoms with Crippen LogP contribution in [0.25, 0.3) is 0 Å². The van der Waals surface area contributed by atoms with Crippen LogP contribution in [0.2, 0.25) is 5.02 Å². The molecule has 5 nitrogen and oxygen atoms in total. The Morgan fingerprint density at radius 1 is 1.67 bits per heavy atom. The highest BCUT2D eigenvalue weighted by Gasteiger charge is 2.33. The zero-order valence-corrected chi connectivity index (χ0v) is 11.0. The van der Waals surface area contributed by atoms with Crippen LogP contribution in [-0.2, 0) is 4.74 Å². The topological polar surface area (TPSA) is 68.5 Å². The molecule has 0 atom stereocenters. The highest BCUT2D eigenvalue weighted by atomic mass is 35.5. The summed E-state index contributed by atoms with van der Waals surface area (Å²) in [4.78, 5) is 18.1. The van der Waals surface area contributed by atoms with Crippen LogP contribution in [0.15, 0.2) is 12.3 Å². The molecule has 98 valence electrons. The second kappa shape index (κ2) is 5.54. The number of halogens is 1. The van der Waals surface area contributed by atoms with Crippen molar-refractivity contribution in [1.29, 1.82) is 0 Å². The van der Waals surface area contributed by atoms with Crippen LogP contribution in [0, 0.1) is 0 Å². The Hall–Kier alpha value is -1.33. The van der Waals surface area contributed by atoms with Crippen LogP contribution in [0.3, 0.4) is 0 Å². The van der Waals surface area contributed by atoms with Gasteiger partial charge in [0.15, 0.2) is 0 Å². The van der Waals surface area contributed by atoms with Crippen molar-refractivity contribution in [3.05, 3.63) is 22.8 Å². The minimum Gasteiger partial charge on any atom is -0.384 e. The Morgan fingerprint density at radius 2 is 2.39 bits per heavy atom. The molecule has 0 radical (unpaired) electrons. The lowest BCUT2D eigenvalue weighted by Gasteiger charge is -2.22. The molecule has 0 aromatic carbocycles. The van der Waals surface area contributed by atoms with Gasteiger partial charge in [0.25, 0.3) is 5.91 Å². The number of carbonyl (C=O) groups is 1. The summed E-state index contributed by atoms with van der Waals surface area (Å²) in [5.41, 5.74) is 6.00. The van der Waals surface area contributed by atoms with Crippen molar-refractivity contribution in [2.45, 2.75) is 18.9 Å². The zero-order valence-electron chi connectivity index (χ0n) is 10.2. The molecule has 2 rings (SSSR count). The van der Waals surface area contributed by atoms with E-state index in [1.165, 1.54) is 12.3 Å². The number of nitrogens with zero attached hydrogens (tertiary/aromatic N) is 2. The van der Waals surface area contributed by atoms with Gasteiger partial charge in [0.2, 0.25) is 0 Å². The van der Waals surface area contributed by atoms with Crippen LogP contribution in [0.4, 0.5) is 5.82 Å². The van der Waals surface area contributed by atoms with Gasteiger partial charge in [0.1, 0.15) is 5.82 Å². The van der Waals surface area contributed by atoms with Gasteiger partial charge in [0, 0.05) is 25.9 Å². The SMILES string of the molecule is COCCN(C(=O)c1cc(N)ncc1Cl)C1CC1. The second-order valence-electron chi connectivity index (χ2n) is 4.31. The average molecular weight is 270 g/mol. The van der Waals surface area contributed by atoms with E-state index in [-0.39, 0.29) is 5.91 Å². The number of nitrogens with two attached hydrogens (primary N) is 1. The number of carbonyl (C=O) groups excluding carboxylic acids is 1. The van der Waals surface area contributed by atoms with E-state index >= 15 is 0 Å². The van der Waals surface area contributed by atoms with Crippen molar-refractivity contribution in [3.8, 4) is 0 Å². The molecule has 6 heteroatoms. The van der Waals surface area contributed by atoms with Crippen molar-refractivity contribution in [3.63, 3.8) is 0 Å². The number of pyridine rings is 1. The van der Waals surface area contributed by atoms with Crippen molar-refractivity contribution >= 4 is 23.3 Å². The second-order valence-corrected chi connectivity index (χ2v) is 4.72. The largest absolute Gasteiger partial charge is 0.384 e. The molecule has 1 aliphatic carbocycles. The van der Waals surface area contributed by atoms with Crippen molar-refractivity contribution in [2.75, 3.05) is 26.0 Å². The molecule has 2 N–H and O–H groups in total. The monoisotopic (exact) mass is 269 g/mol. The highest BCUT2D eigenvalue weighted by molar-refractivity contribution is 6.33. The molecule has 1 saturated carbocycles. The van der Waals surface area contributed by atoms with Gasteiger partial charge < -0.3 is 15.4 Å². The summed E-state index contributed by atoms with van der Waals surface area (Å²) in [6, 6.07) is 1.82. The van der Waals surface area contributed by atoms with E-state index in [0.717, 1.165) is 12.8 Å². The number of amides is 1. The molecular weight excluding hydrogens is 254 g/mol. The van der Waals surface area contributed by atoms with E-state index < -0.39 is 0 Å². The quantitative estimate of drug-likeness (QED) is 0.881. The van der Waals surface area contributed by atoms with Gasteiger partial charge in [-0.25, -0.2) is 4.98 Å². The first-order valence-electron chi connectivity index (χ1n) is 5.84. The van der Waals surface area contributed by atoms with Crippen molar-refractivity contribution in [2.24, 2.45) is 0 Å². The number of aromatic nitrogens is 1. The number of rotatable bonds is 5. The van der Waals surface area contributed by atoms with E-state index in [1.54, 1.807) is 12.0 Å². The Morgan fingerprint density at radius 3 is 3.00 bits per heavy atom. The zero-order chi connectivity index (χ0) is 13.1. The fraction of sp³-hybridized carbons (Fsp3) is 0.500. The summed E-state index contributed by atoms with van der Waals surface area (Å²) in [6.45, 7) is 1.08. The van der Waals surface area contributed by atoms with Crippen LogP contribution >= 0.6 is 11.6 Å². The summed E-state index contributed by atoms with van der Waals surface area (Å²) < 4.78 is 5.03. The van der Waals surface area contributed by atoms with Gasteiger partial charge in [-0.2, -0.15) is 0 Å². The summed E-state index contributed by atoms with van der Waals surface area (Å²) in [6.07, 6.45) is 3.48. The highest BCUT2D eigenvalue weighted by Crippen LogP contribution is 2.29. The molecule has 1 aromatic heterocycles. The first-order chi connectivity index (χ1) is 8.63. The van der Waals surface area contributed by atoms with Gasteiger partial charge in [0.05, 0.1) is 17.2 Å². The molecule has 18 heavy (non-hydrogen) atoms. The Labute approximate surface area is 111 Å². The normalized spacial score (nSPS) is 14.6. The summed E-state index contributed by atoms with van der Waals surface area (Å²) in [5, 5.41) is 0.331. The smallest absolute Gasteiger partial charge is 0.255 e. The summed E-state index contributed by atoms with van der Waals surface area (Å²) in [5.74, 6) is 0.193. The number of ether oxygens (including phenoxy) is 1. The standard InChI is InChI=1S/C12H16ClN3O2/c1-18-5-4-16(8-2-3-8)12(17)9-6-11(14)15-7-10(9)13/h6-8H,2-5H2,1H3,(H2,14,15). The number of methoxy groups -OCH3 is 1. The first-order valence-corrected chi connectivity index (χ1v) is 6.22. The van der Waals surface area contributed by atoms with Gasteiger partial charge in [-0.3, -0.25) is 4.79 Å². The molecule has 0 aliphatic heterocycles. The molecule has 1 aromatic rings. The Kier molecular flexibility index (Phi) is 4.04. The maximum absolute atomic E-state index is 12.4. The number of nitrogen functional groups attached to an aromatic ring is 1. The third-order valence-electron chi connectivity index (χ3n) is 2.89. The van der Waals surface area contributed by atoms with Crippen LogP contribution in [0.1, 0.15) is 23.2 Å². The number of hydrogen-bond donors (Lipinski definition) is 1. The van der Waals surface area contributed by atoms with E-state index in [1.807, 2.05) is 0 Å². The first kappa shape index (κ1) is 13.1. The summed E-state index contributed by atoms with van der Waals surface area (Å²) >= 11 is 6.00. The van der Waals surface area contributed by atoms with E-state index in [2.05, 4.69) is 4.98 Å². The molecule has 1 fully saturated rings. The molecule has 0 bridgehead atoms. The lowest BCUT2D eigenvalue weighted by molar-refractivity contribution is 0.0680. The molecule has 1 aliphatic rings. The fourth-order valence-electron chi connectivity index (χ4n) is 1.80. The Balaban J connectivity index is 2.19. The van der Waals surface area contributed by atoms with E-state index in [0.29, 0.717) is 35.6 Å². The van der Waals surface area contributed by atoms with Crippen LogP contribution < -0.4 is 5.73 Å². The minimum atomic E-state index is -0.103. The number of anilines is 1. The predicted octanol–water partition coefficient (Wildman–Crippen LogP) is 1.57. The minimum absolute atomic E-state index is 0.103. The molecule has 1 amide bonds. The van der Waals surface area contributed by atoms with Gasteiger partial charge in [-0.1, -0.05) is 11.6 Å². The lowest BCUT2D eigenvalue weighted by Crippen LogP contribution is -2.36. The predicted molar refractivity (Wildman–Crippen MR) is 69.6 cm³/mol. The Bertz CT molecular complexity index is 449. The van der Waals surface area contributed by atoms with E-state index in [4.69, 9.17) is 22.1 Å². The average Bonchev–Trinajstić information content (AvgIpc) is 3.17. The van der Waals surface area contributed by atoms with Crippen LogP contribution in [-0.4, -0.2) is 42.1 Å².